The fourth-order valence-electron chi connectivity index (χ4n) is 1.82. The van der Waals surface area contributed by atoms with Gasteiger partial charge in [0.15, 0.2) is 6.61 Å². The van der Waals surface area contributed by atoms with Gasteiger partial charge in [0.05, 0.1) is 5.69 Å². The summed E-state index contributed by atoms with van der Waals surface area (Å²) in [6.45, 7) is 4.44. The molecule has 1 heterocycles. The van der Waals surface area contributed by atoms with Gasteiger partial charge in [0.2, 0.25) is 5.88 Å². The van der Waals surface area contributed by atoms with E-state index in [0.717, 1.165) is 20.9 Å². The second kappa shape index (κ2) is 5.41. The number of fused-ring (bicyclic) bond motifs is 1. The summed E-state index contributed by atoms with van der Waals surface area (Å²) >= 11 is 3.63. The average Bonchev–Trinajstić information content (AvgIpc) is 2.38. The second-order valence-electron chi connectivity index (χ2n) is 4.31. The zero-order valence-electron chi connectivity index (χ0n) is 10.4. The number of pyridine rings is 1. The lowest BCUT2D eigenvalue weighted by Crippen LogP contribution is -2.02. The Morgan fingerprint density at radius 3 is 2.61 bits per heavy atom. The molecule has 2 rings (SSSR count). The van der Waals surface area contributed by atoms with Gasteiger partial charge in [-0.2, -0.15) is 0 Å². The lowest BCUT2D eigenvalue weighted by atomic mass is 10.1. The van der Waals surface area contributed by atoms with Crippen LogP contribution in [0.15, 0.2) is 28.7 Å². The molecule has 0 radical (unpaired) electrons. The Balaban J connectivity index is 2.68. The van der Waals surface area contributed by atoms with Crippen LogP contribution in [0.4, 0.5) is 0 Å². The quantitative estimate of drug-likeness (QED) is 0.795. The van der Waals surface area contributed by atoms with Crippen molar-refractivity contribution in [2.45, 2.75) is 19.8 Å². The largest absolute Gasteiger partial charge is 0.464 e. The van der Waals surface area contributed by atoms with Crippen molar-refractivity contribution in [3.05, 3.63) is 34.4 Å². The maximum atomic E-state index is 5.55. The van der Waals surface area contributed by atoms with Crippen molar-refractivity contribution in [2.24, 2.45) is 0 Å². The molecule has 0 aliphatic carbocycles. The number of hydrogen-bond donors (Lipinski definition) is 0. The van der Waals surface area contributed by atoms with Crippen LogP contribution in [0.5, 0.6) is 5.88 Å². The molecule has 0 fully saturated rings. The molecule has 1 aromatic carbocycles. The number of rotatable bonds is 3. The SMILES string of the molecule is C#CCOc1nc(C(C)C)c(Br)c2ccccc12. The molecule has 2 aromatic rings. The topological polar surface area (TPSA) is 22.1 Å². The van der Waals surface area contributed by atoms with Crippen LogP contribution < -0.4 is 4.74 Å². The van der Waals surface area contributed by atoms with Gasteiger partial charge >= 0.3 is 0 Å². The monoisotopic (exact) mass is 303 g/mol. The number of terminal acetylenes is 1. The van der Waals surface area contributed by atoms with Gasteiger partial charge < -0.3 is 4.74 Å². The number of halogens is 1. The van der Waals surface area contributed by atoms with Gasteiger partial charge in [-0.1, -0.05) is 38.0 Å². The Kier molecular flexibility index (Phi) is 3.88. The van der Waals surface area contributed by atoms with Gasteiger partial charge in [0.25, 0.3) is 0 Å². The Hall–Kier alpha value is -1.53. The molecule has 0 N–H and O–H groups in total. The summed E-state index contributed by atoms with van der Waals surface area (Å²) in [5.74, 6) is 3.39. The fourth-order valence-corrected chi connectivity index (χ4v) is 2.71. The number of aromatic nitrogens is 1. The molecule has 0 saturated heterocycles. The van der Waals surface area contributed by atoms with Gasteiger partial charge in [-0.3, -0.25) is 0 Å². The van der Waals surface area contributed by atoms with Gasteiger partial charge in [-0.05, 0) is 27.9 Å². The molecule has 1 aromatic heterocycles. The Labute approximate surface area is 116 Å². The van der Waals surface area contributed by atoms with Crippen molar-refractivity contribution in [3.63, 3.8) is 0 Å². The summed E-state index contributed by atoms with van der Waals surface area (Å²) in [6.07, 6.45) is 5.24. The van der Waals surface area contributed by atoms with Crippen LogP contribution in [0.25, 0.3) is 10.8 Å². The van der Waals surface area contributed by atoms with E-state index >= 15 is 0 Å². The Bertz CT molecular complexity index is 614. The standard InChI is InChI=1S/C15H14BrNO/c1-4-9-18-15-12-8-6-5-7-11(12)13(16)14(17-15)10(2)3/h1,5-8,10H,9H2,2-3H3. The summed E-state index contributed by atoms with van der Waals surface area (Å²) in [6, 6.07) is 8.01. The van der Waals surface area contributed by atoms with E-state index in [9.17, 15) is 0 Å². The van der Waals surface area contributed by atoms with E-state index in [1.54, 1.807) is 0 Å². The van der Waals surface area contributed by atoms with Crippen LogP contribution in [0.2, 0.25) is 0 Å². The molecule has 0 aliphatic heterocycles. The minimum Gasteiger partial charge on any atom is -0.464 e. The van der Waals surface area contributed by atoms with Crippen molar-refractivity contribution < 1.29 is 4.74 Å². The third kappa shape index (κ3) is 2.34. The van der Waals surface area contributed by atoms with Crippen molar-refractivity contribution in [2.75, 3.05) is 6.61 Å². The number of benzene rings is 1. The average molecular weight is 304 g/mol. The molecular weight excluding hydrogens is 290 g/mol. The van der Waals surface area contributed by atoms with Crippen molar-refractivity contribution >= 4 is 26.7 Å². The molecule has 0 saturated carbocycles. The second-order valence-corrected chi connectivity index (χ2v) is 5.10. The van der Waals surface area contributed by atoms with Crippen molar-refractivity contribution in [3.8, 4) is 18.2 Å². The summed E-state index contributed by atoms with van der Waals surface area (Å²) < 4.78 is 6.58. The smallest absolute Gasteiger partial charge is 0.222 e. The predicted molar refractivity (Wildman–Crippen MR) is 77.9 cm³/mol. The Morgan fingerprint density at radius 2 is 2.00 bits per heavy atom. The first-order chi connectivity index (χ1) is 8.65. The first-order valence-electron chi connectivity index (χ1n) is 5.79. The fraction of sp³-hybridized carbons (Fsp3) is 0.267. The molecule has 0 amide bonds. The highest BCUT2D eigenvalue weighted by molar-refractivity contribution is 9.10. The minimum absolute atomic E-state index is 0.232. The van der Waals surface area contributed by atoms with E-state index in [1.165, 1.54) is 0 Å². The molecule has 0 bridgehead atoms. The third-order valence-electron chi connectivity index (χ3n) is 2.68. The summed E-state index contributed by atoms with van der Waals surface area (Å²) in [5.41, 5.74) is 0.987. The highest BCUT2D eigenvalue weighted by Crippen LogP contribution is 2.35. The first kappa shape index (κ1) is 12.9. The van der Waals surface area contributed by atoms with E-state index in [1.807, 2.05) is 18.2 Å². The lowest BCUT2D eigenvalue weighted by molar-refractivity contribution is 0.358. The first-order valence-corrected chi connectivity index (χ1v) is 6.58. The van der Waals surface area contributed by atoms with E-state index < -0.39 is 0 Å². The van der Waals surface area contributed by atoms with Crippen LogP contribution in [0.1, 0.15) is 25.5 Å². The van der Waals surface area contributed by atoms with Gasteiger partial charge in [-0.25, -0.2) is 4.98 Å². The normalized spacial score (nSPS) is 10.6. The molecule has 18 heavy (non-hydrogen) atoms. The molecule has 3 heteroatoms. The maximum absolute atomic E-state index is 5.55. The Morgan fingerprint density at radius 1 is 1.33 bits per heavy atom. The summed E-state index contributed by atoms with van der Waals surface area (Å²) in [7, 11) is 0. The molecule has 2 nitrogen and oxygen atoms in total. The van der Waals surface area contributed by atoms with E-state index in [-0.39, 0.29) is 6.61 Å². The molecule has 92 valence electrons. The molecule has 0 aliphatic rings. The predicted octanol–water partition coefficient (Wildman–Crippen LogP) is 4.13. The van der Waals surface area contributed by atoms with E-state index in [0.29, 0.717) is 11.8 Å². The highest BCUT2D eigenvalue weighted by atomic mass is 79.9. The number of ether oxygens (including phenoxy) is 1. The number of hydrogen-bond acceptors (Lipinski definition) is 2. The zero-order valence-corrected chi connectivity index (χ0v) is 12.0. The summed E-state index contributed by atoms with van der Waals surface area (Å²) in [4.78, 5) is 4.57. The van der Waals surface area contributed by atoms with Crippen molar-refractivity contribution in [1.82, 2.24) is 4.98 Å². The van der Waals surface area contributed by atoms with Gasteiger partial charge in [0, 0.05) is 15.2 Å². The van der Waals surface area contributed by atoms with Crippen molar-refractivity contribution in [1.29, 1.82) is 0 Å². The summed E-state index contributed by atoms with van der Waals surface area (Å²) in [5, 5.41) is 2.08. The molecular formula is C15H14BrNO. The third-order valence-corrected chi connectivity index (χ3v) is 3.51. The van der Waals surface area contributed by atoms with Crippen LogP contribution >= 0.6 is 15.9 Å². The van der Waals surface area contributed by atoms with Crippen LogP contribution in [-0.4, -0.2) is 11.6 Å². The van der Waals surface area contributed by atoms with Crippen LogP contribution in [-0.2, 0) is 0 Å². The lowest BCUT2D eigenvalue weighted by Gasteiger charge is -2.14. The maximum Gasteiger partial charge on any atom is 0.222 e. The molecule has 0 spiro atoms. The highest BCUT2D eigenvalue weighted by Gasteiger charge is 2.14. The molecule has 0 atom stereocenters. The molecule has 0 unspecified atom stereocenters. The van der Waals surface area contributed by atoms with Gasteiger partial charge in [0.1, 0.15) is 0 Å². The number of nitrogens with zero attached hydrogens (tertiary/aromatic N) is 1. The van der Waals surface area contributed by atoms with E-state index in [2.05, 4.69) is 46.7 Å². The van der Waals surface area contributed by atoms with Crippen LogP contribution in [0.3, 0.4) is 0 Å². The van der Waals surface area contributed by atoms with Gasteiger partial charge in [-0.15, -0.1) is 6.42 Å². The van der Waals surface area contributed by atoms with E-state index in [4.69, 9.17) is 11.2 Å². The minimum atomic E-state index is 0.232. The van der Waals surface area contributed by atoms with Crippen LogP contribution in [0, 0.1) is 12.3 Å². The zero-order chi connectivity index (χ0) is 13.1.